The average Bonchev–Trinajstić information content (AvgIpc) is 2.87. The number of fused-ring (bicyclic) bond motifs is 1. The summed E-state index contributed by atoms with van der Waals surface area (Å²) in [5, 5.41) is 11.4. The van der Waals surface area contributed by atoms with Gasteiger partial charge in [0.1, 0.15) is 12.4 Å². The molecular formula is C25H30N8O2. The number of carbonyl (C=O) groups excluding carboxylic acids is 1. The molecule has 1 aliphatic rings. The first kappa shape index (κ1) is 24.2. The Morgan fingerprint density at radius 3 is 2.94 bits per heavy atom. The zero-order valence-corrected chi connectivity index (χ0v) is 20.0. The molecule has 35 heavy (non-hydrogen) atoms. The first-order valence-corrected chi connectivity index (χ1v) is 11.7. The van der Waals surface area contributed by atoms with Gasteiger partial charge in [-0.2, -0.15) is 5.10 Å². The van der Waals surface area contributed by atoms with Gasteiger partial charge in [0.25, 0.3) is 0 Å². The van der Waals surface area contributed by atoms with Crippen molar-refractivity contribution < 1.29 is 9.53 Å². The lowest BCUT2D eigenvalue weighted by Gasteiger charge is -2.26. The van der Waals surface area contributed by atoms with Gasteiger partial charge in [0.05, 0.1) is 23.8 Å². The lowest BCUT2D eigenvalue weighted by Crippen LogP contribution is -2.42. The van der Waals surface area contributed by atoms with E-state index in [0.29, 0.717) is 43.8 Å². The standard InChI is InChI=1S/C25H30N8O2/c1-17(2)18-11-24(32-29-15-18)31-23-5-4-21-22(30-23)10-19(14-28-21)20(12-26)13-27-6-3-7-33-8-9-35-16-25(33)34/h4-5,10-15,17H,3,6-9,16,26H2,1-2H3,(H,30,31,32). The van der Waals surface area contributed by atoms with Gasteiger partial charge in [-0.3, -0.25) is 14.8 Å². The van der Waals surface area contributed by atoms with Crippen molar-refractivity contribution in [1.29, 1.82) is 0 Å². The molecule has 0 aliphatic carbocycles. The Balaban J connectivity index is 1.42. The summed E-state index contributed by atoms with van der Waals surface area (Å²) in [5.74, 6) is 1.68. The number of hydrogen-bond acceptors (Lipinski definition) is 9. The van der Waals surface area contributed by atoms with Crippen LogP contribution >= 0.6 is 0 Å². The number of nitrogens with zero attached hydrogens (tertiary/aromatic N) is 6. The number of pyridine rings is 2. The number of rotatable bonds is 9. The molecule has 3 aromatic heterocycles. The zero-order valence-electron chi connectivity index (χ0n) is 20.0. The molecule has 1 amide bonds. The largest absolute Gasteiger partial charge is 0.404 e. The molecule has 1 fully saturated rings. The minimum Gasteiger partial charge on any atom is -0.404 e. The summed E-state index contributed by atoms with van der Waals surface area (Å²) in [6.45, 7) is 6.88. The predicted molar refractivity (Wildman–Crippen MR) is 136 cm³/mol. The van der Waals surface area contributed by atoms with Gasteiger partial charge in [0, 0.05) is 49.4 Å². The summed E-state index contributed by atoms with van der Waals surface area (Å²) in [7, 11) is 0. The second kappa shape index (κ2) is 11.5. The van der Waals surface area contributed by atoms with Gasteiger partial charge in [0.15, 0.2) is 5.82 Å². The van der Waals surface area contributed by atoms with Crippen molar-refractivity contribution in [3.63, 3.8) is 0 Å². The Kier molecular flexibility index (Phi) is 7.94. The van der Waals surface area contributed by atoms with Crippen LogP contribution in [-0.2, 0) is 9.53 Å². The smallest absolute Gasteiger partial charge is 0.248 e. The van der Waals surface area contributed by atoms with Crippen LogP contribution in [0, 0.1) is 0 Å². The molecule has 0 atom stereocenters. The maximum Gasteiger partial charge on any atom is 0.248 e. The van der Waals surface area contributed by atoms with Crippen molar-refractivity contribution in [2.75, 3.05) is 38.2 Å². The number of aliphatic imine (C=N–C) groups is 1. The number of aromatic nitrogens is 4. The summed E-state index contributed by atoms with van der Waals surface area (Å²) in [6.07, 6.45) is 7.54. The number of anilines is 2. The highest BCUT2D eigenvalue weighted by Crippen LogP contribution is 2.21. The van der Waals surface area contributed by atoms with Crippen LogP contribution < -0.4 is 11.1 Å². The SMILES string of the molecule is CC(C)c1cnnc(Nc2ccc3ncc(C(C=NCCCN4CCOCC4=O)=CN)cc3n2)c1. The van der Waals surface area contributed by atoms with E-state index < -0.39 is 0 Å². The molecule has 182 valence electrons. The maximum absolute atomic E-state index is 11.8. The maximum atomic E-state index is 11.8. The van der Waals surface area contributed by atoms with Gasteiger partial charge in [-0.25, -0.2) is 4.98 Å². The molecule has 4 rings (SSSR count). The Morgan fingerprint density at radius 1 is 1.26 bits per heavy atom. The molecule has 0 spiro atoms. The molecule has 0 aromatic carbocycles. The number of ether oxygens (including phenoxy) is 1. The molecule has 0 bridgehead atoms. The minimum atomic E-state index is 0.0334. The normalized spacial score (nSPS) is 14.9. The Hall–Kier alpha value is -3.92. The number of nitrogens with one attached hydrogen (secondary N) is 1. The van der Waals surface area contributed by atoms with Gasteiger partial charge in [-0.1, -0.05) is 13.8 Å². The third kappa shape index (κ3) is 6.36. The topological polar surface area (TPSA) is 132 Å². The van der Waals surface area contributed by atoms with E-state index in [1.54, 1.807) is 18.6 Å². The molecular weight excluding hydrogens is 444 g/mol. The molecule has 3 N–H and O–H groups in total. The summed E-state index contributed by atoms with van der Waals surface area (Å²) in [4.78, 5) is 27.3. The van der Waals surface area contributed by atoms with Crippen LogP contribution in [0.4, 0.5) is 11.6 Å². The Bertz CT molecular complexity index is 1240. The summed E-state index contributed by atoms with van der Waals surface area (Å²) in [5.41, 5.74) is 10.0. The first-order valence-electron chi connectivity index (χ1n) is 11.7. The van der Waals surface area contributed by atoms with E-state index in [-0.39, 0.29) is 12.5 Å². The van der Waals surface area contributed by atoms with E-state index in [4.69, 9.17) is 10.5 Å². The van der Waals surface area contributed by atoms with Crippen molar-refractivity contribution in [3.8, 4) is 0 Å². The van der Waals surface area contributed by atoms with Crippen molar-refractivity contribution in [2.45, 2.75) is 26.2 Å². The fourth-order valence-electron chi connectivity index (χ4n) is 3.64. The number of nitrogens with two attached hydrogens (primary N) is 1. The predicted octanol–water partition coefficient (Wildman–Crippen LogP) is 2.91. The fourth-order valence-corrected chi connectivity index (χ4v) is 3.64. The van der Waals surface area contributed by atoms with Crippen LogP contribution in [0.5, 0.6) is 0 Å². The molecule has 0 unspecified atom stereocenters. The summed E-state index contributed by atoms with van der Waals surface area (Å²) < 4.78 is 5.15. The number of morpholine rings is 1. The third-order valence-corrected chi connectivity index (χ3v) is 5.68. The second-order valence-electron chi connectivity index (χ2n) is 8.56. The number of hydrogen-bond donors (Lipinski definition) is 2. The zero-order chi connectivity index (χ0) is 24.6. The molecule has 3 aromatic rings. The van der Waals surface area contributed by atoms with Crippen LogP contribution in [0.3, 0.4) is 0 Å². The Labute approximate surface area is 204 Å². The van der Waals surface area contributed by atoms with E-state index in [1.165, 1.54) is 6.20 Å². The highest BCUT2D eigenvalue weighted by Gasteiger charge is 2.17. The Morgan fingerprint density at radius 2 is 2.14 bits per heavy atom. The summed E-state index contributed by atoms with van der Waals surface area (Å²) in [6, 6.07) is 7.67. The quantitative estimate of drug-likeness (QED) is 0.357. The van der Waals surface area contributed by atoms with Crippen LogP contribution in [0.2, 0.25) is 0 Å². The summed E-state index contributed by atoms with van der Waals surface area (Å²) >= 11 is 0. The molecule has 4 heterocycles. The van der Waals surface area contributed by atoms with Crippen LogP contribution in [0.15, 0.2) is 47.9 Å². The fraction of sp³-hybridized carbons (Fsp3) is 0.360. The molecule has 1 saturated heterocycles. The second-order valence-corrected chi connectivity index (χ2v) is 8.56. The van der Waals surface area contributed by atoms with Gasteiger partial charge in [-0.05, 0) is 42.2 Å². The highest BCUT2D eigenvalue weighted by molar-refractivity contribution is 6.10. The molecule has 10 nitrogen and oxygen atoms in total. The van der Waals surface area contributed by atoms with Crippen LogP contribution in [0.25, 0.3) is 16.6 Å². The average molecular weight is 475 g/mol. The highest BCUT2D eigenvalue weighted by atomic mass is 16.5. The van der Waals surface area contributed by atoms with Crippen LogP contribution in [0.1, 0.15) is 37.3 Å². The van der Waals surface area contributed by atoms with E-state index in [9.17, 15) is 4.79 Å². The van der Waals surface area contributed by atoms with Gasteiger partial charge in [0.2, 0.25) is 5.91 Å². The monoisotopic (exact) mass is 474 g/mol. The molecule has 0 saturated carbocycles. The minimum absolute atomic E-state index is 0.0334. The van der Waals surface area contributed by atoms with E-state index in [2.05, 4.69) is 44.3 Å². The molecule has 1 aliphatic heterocycles. The first-order chi connectivity index (χ1) is 17.0. The van der Waals surface area contributed by atoms with Crippen LogP contribution in [-0.4, -0.2) is 70.0 Å². The number of carbonyl (C=O) groups is 1. The van der Waals surface area contributed by atoms with Crippen molar-refractivity contribution in [1.82, 2.24) is 25.1 Å². The molecule has 10 heteroatoms. The van der Waals surface area contributed by atoms with Crippen molar-refractivity contribution >= 4 is 40.4 Å². The van der Waals surface area contributed by atoms with E-state index >= 15 is 0 Å². The van der Waals surface area contributed by atoms with Crippen molar-refractivity contribution in [2.24, 2.45) is 10.7 Å². The lowest BCUT2D eigenvalue weighted by molar-refractivity contribution is -0.142. The lowest BCUT2D eigenvalue weighted by atomic mass is 10.1. The van der Waals surface area contributed by atoms with Gasteiger partial charge in [-0.15, -0.1) is 5.10 Å². The molecule has 0 radical (unpaired) electrons. The van der Waals surface area contributed by atoms with Crippen molar-refractivity contribution in [3.05, 3.63) is 54.0 Å². The number of allylic oxidation sites excluding steroid dienone is 1. The third-order valence-electron chi connectivity index (χ3n) is 5.68. The van der Waals surface area contributed by atoms with Gasteiger partial charge < -0.3 is 20.7 Å². The van der Waals surface area contributed by atoms with Gasteiger partial charge >= 0.3 is 0 Å². The van der Waals surface area contributed by atoms with E-state index in [0.717, 1.165) is 34.2 Å². The number of amides is 1. The van der Waals surface area contributed by atoms with E-state index in [1.807, 2.05) is 29.2 Å².